The fraction of sp³-hybridized carbons (Fsp3) is 0.667. The van der Waals surface area contributed by atoms with Crippen molar-refractivity contribution in [1.29, 1.82) is 0 Å². The minimum absolute atomic E-state index is 0.335. The van der Waals surface area contributed by atoms with Crippen LogP contribution >= 0.6 is 0 Å². The summed E-state index contributed by atoms with van der Waals surface area (Å²) >= 11 is 0. The number of nitrogens with zero attached hydrogens (tertiary/aromatic N) is 1. The second-order valence-electron chi connectivity index (χ2n) is 7.54. The zero-order chi connectivity index (χ0) is 18.3. The quantitative estimate of drug-likeness (QED) is 0.815. The molecule has 3 rings (SSSR count). The summed E-state index contributed by atoms with van der Waals surface area (Å²) in [6.07, 6.45) is -2.02. The minimum Gasteiger partial charge on any atom is -0.390 e. The first kappa shape index (κ1) is 18.6. The Labute approximate surface area is 144 Å². The number of hydrogen-bond donors (Lipinski definition) is 1. The van der Waals surface area contributed by atoms with Crippen molar-refractivity contribution in [2.75, 3.05) is 19.7 Å². The summed E-state index contributed by atoms with van der Waals surface area (Å²) < 4.78 is 57.8. The van der Waals surface area contributed by atoms with Crippen LogP contribution in [0.1, 0.15) is 43.7 Å². The summed E-state index contributed by atoms with van der Waals surface area (Å²) in [7, 11) is 0. The lowest BCUT2D eigenvalue weighted by molar-refractivity contribution is -0.173. The smallest absolute Gasteiger partial charge is 0.390 e. The van der Waals surface area contributed by atoms with Gasteiger partial charge >= 0.3 is 6.18 Å². The molecule has 7 heteroatoms. The number of benzene rings is 1. The summed E-state index contributed by atoms with van der Waals surface area (Å²) in [5.41, 5.74) is -1.83. The number of ether oxygens (including phenoxy) is 1. The Hall–Kier alpha value is -1.18. The summed E-state index contributed by atoms with van der Waals surface area (Å²) in [6.45, 7) is 4.04. The van der Waals surface area contributed by atoms with Crippen molar-refractivity contribution >= 4 is 0 Å². The van der Waals surface area contributed by atoms with Crippen LogP contribution in [-0.2, 0) is 17.5 Å². The van der Waals surface area contributed by atoms with E-state index in [4.69, 9.17) is 4.74 Å². The molecular formula is C18H23F4NO2. The molecule has 1 N–H and O–H groups in total. The first-order valence-corrected chi connectivity index (χ1v) is 8.53. The molecule has 140 valence electrons. The van der Waals surface area contributed by atoms with E-state index < -0.39 is 23.2 Å². The predicted molar refractivity (Wildman–Crippen MR) is 84.5 cm³/mol. The zero-order valence-electron chi connectivity index (χ0n) is 14.2. The Bertz CT molecular complexity index is 622. The number of alkyl halides is 3. The second kappa shape index (κ2) is 6.52. The van der Waals surface area contributed by atoms with Gasteiger partial charge in [0.15, 0.2) is 0 Å². The molecule has 1 aromatic carbocycles. The Morgan fingerprint density at radius 3 is 2.48 bits per heavy atom. The van der Waals surface area contributed by atoms with E-state index in [9.17, 15) is 22.7 Å². The minimum atomic E-state index is -4.69. The van der Waals surface area contributed by atoms with Crippen LogP contribution in [0.15, 0.2) is 18.2 Å². The monoisotopic (exact) mass is 361 g/mol. The lowest BCUT2D eigenvalue weighted by Gasteiger charge is -2.48. The van der Waals surface area contributed by atoms with E-state index in [1.807, 2.05) is 11.8 Å². The van der Waals surface area contributed by atoms with Crippen molar-refractivity contribution in [3.8, 4) is 0 Å². The molecule has 0 aromatic heterocycles. The molecule has 1 atom stereocenters. The van der Waals surface area contributed by atoms with Gasteiger partial charge in [-0.1, -0.05) is 6.07 Å². The van der Waals surface area contributed by atoms with Crippen molar-refractivity contribution in [2.45, 2.75) is 56.5 Å². The van der Waals surface area contributed by atoms with E-state index in [-0.39, 0.29) is 5.60 Å². The van der Waals surface area contributed by atoms with Crippen LogP contribution in [0.5, 0.6) is 0 Å². The molecule has 0 amide bonds. The summed E-state index contributed by atoms with van der Waals surface area (Å²) in [6, 6.07) is 3.17. The molecule has 2 fully saturated rings. The largest absolute Gasteiger partial charge is 0.419 e. The van der Waals surface area contributed by atoms with Gasteiger partial charge in [0, 0.05) is 26.1 Å². The molecule has 2 aliphatic rings. The molecule has 2 heterocycles. The molecule has 1 unspecified atom stereocenters. The highest BCUT2D eigenvalue weighted by Gasteiger charge is 2.44. The third kappa shape index (κ3) is 4.33. The standard InChI is InChI=1S/C18H23F4NO2/c1-16(24)6-9-25-17(12-16)4-7-23(8-5-17)11-13-2-3-15(19)14(10-13)18(20,21)22/h2-3,10,24H,4-9,11-12H2,1H3. The fourth-order valence-electron chi connectivity index (χ4n) is 3.91. The lowest BCUT2D eigenvalue weighted by atomic mass is 9.78. The zero-order valence-corrected chi connectivity index (χ0v) is 14.2. The van der Waals surface area contributed by atoms with Crippen LogP contribution < -0.4 is 0 Å². The van der Waals surface area contributed by atoms with E-state index in [2.05, 4.69) is 0 Å². The van der Waals surface area contributed by atoms with Crippen LogP contribution in [0, 0.1) is 5.82 Å². The molecule has 0 aliphatic carbocycles. The van der Waals surface area contributed by atoms with Gasteiger partial charge in [0.05, 0.1) is 23.4 Å². The molecule has 2 aliphatic heterocycles. The highest BCUT2D eigenvalue weighted by molar-refractivity contribution is 5.27. The average Bonchev–Trinajstić information content (AvgIpc) is 2.49. The molecule has 1 aromatic rings. The normalized spacial score (nSPS) is 27.6. The van der Waals surface area contributed by atoms with E-state index >= 15 is 0 Å². The fourth-order valence-corrected chi connectivity index (χ4v) is 3.91. The third-order valence-corrected chi connectivity index (χ3v) is 5.26. The van der Waals surface area contributed by atoms with Crippen LogP contribution in [0.4, 0.5) is 17.6 Å². The molecule has 0 bridgehead atoms. The van der Waals surface area contributed by atoms with E-state index in [0.717, 1.165) is 25.0 Å². The highest BCUT2D eigenvalue weighted by Crippen LogP contribution is 2.39. The van der Waals surface area contributed by atoms with Gasteiger partial charge < -0.3 is 9.84 Å². The van der Waals surface area contributed by atoms with Gasteiger partial charge in [-0.25, -0.2) is 4.39 Å². The van der Waals surface area contributed by atoms with Gasteiger partial charge in [0.2, 0.25) is 0 Å². The molecule has 0 radical (unpaired) electrons. The number of rotatable bonds is 2. The average molecular weight is 361 g/mol. The number of piperidine rings is 1. The van der Waals surface area contributed by atoms with Gasteiger partial charge in [-0.15, -0.1) is 0 Å². The molecule has 2 saturated heterocycles. The maximum absolute atomic E-state index is 13.4. The van der Waals surface area contributed by atoms with Crippen molar-refractivity contribution in [3.63, 3.8) is 0 Å². The maximum Gasteiger partial charge on any atom is 0.419 e. The van der Waals surface area contributed by atoms with Crippen molar-refractivity contribution in [1.82, 2.24) is 4.90 Å². The molecule has 0 saturated carbocycles. The van der Waals surface area contributed by atoms with Gasteiger partial charge in [-0.3, -0.25) is 4.90 Å². The van der Waals surface area contributed by atoms with Crippen LogP contribution in [0.25, 0.3) is 0 Å². The van der Waals surface area contributed by atoms with Gasteiger partial charge in [0.25, 0.3) is 0 Å². The topological polar surface area (TPSA) is 32.7 Å². The van der Waals surface area contributed by atoms with Crippen LogP contribution in [0.2, 0.25) is 0 Å². The maximum atomic E-state index is 13.4. The van der Waals surface area contributed by atoms with Gasteiger partial charge in [0.1, 0.15) is 5.82 Å². The van der Waals surface area contributed by atoms with E-state index in [1.165, 1.54) is 6.07 Å². The Morgan fingerprint density at radius 1 is 1.20 bits per heavy atom. The van der Waals surface area contributed by atoms with Crippen molar-refractivity contribution < 1.29 is 27.4 Å². The van der Waals surface area contributed by atoms with Crippen molar-refractivity contribution in [3.05, 3.63) is 35.1 Å². The first-order chi connectivity index (χ1) is 11.6. The second-order valence-corrected chi connectivity index (χ2v) is 7.54. The van der Waals surface area contributed by atoms with Crippen molar-refractivity contribution in [2.24, 2.45) is 0 Å². The predicted octanol–water partition coefficient (Wildman–Crippen LogP) is 3.74. The lowest BCUT2D eigenvalue weighted by Crippen LogP contribution is -2.53. The third-order valence-electron chi connectivity index (χ3n) is 5.26. The first-order valence-electron chi connectivity index (χ1n) is 8.53. The van der Waals surface area contributed by atoms with E-state index in [0.29, 0.717) is 44.6 Å². The van der Waals surface area contributed by atoms with Crippen LogP contribution in [-0.4, -0.2) is 40.9 Å². The Morgan fingerprint density at radius 2 is 1.88 bits per heavy atom. The van der Waals surface area contributed by atoms with Crippen LogP contribution in [0.3, 0.4) is 0 Å². The number of likely N-dealkylation sites (tertiary alicyclic amines) is 1. The van der Waals surface area contributed by atoms with Gasteiger partial charge in [-0.05, 0) is 43.9 Å². The highest BCUT2D eigenvalue weighted by atomic mass is 19.4. The Balaban J connectivity index is 1.63. The number of halogens is 4. The molecule has 3 nitrogen and oxygen atoms in total. The van der Waals surface area contributed by atoms with E-state index in [1.54, 1.807) is 0 Å². The van der Waals surface area contributed by atoms with Gasteiger partial charge in [-0.2, -0.15) is 13.2 Å². The summed E-state index contributed by atoms with van der Waals surface area (Å²) in [5.74, 6) is -1.24. The number of hydrogen-bond acceptors (Lipinski definition) is 3. The molecule has 1 spiro atoms. The Kier molecular flexibility index (Phi) is 4.85. The number of aliphatic hydroxyl groups is 1. The summed E-state index contributed by atoms with van der Waals surface area (Å²) in [5, 5.41) is 10.3. The summed E-state index contributed by atoms with van der Waals surface area (Å²) in [4.78, 5) is 2.05. The molecule has 25 heavy (non-hydrogen) atoms. The molecular weight excluding hydrogens is 338 g/mol. The SMILES string of the molecule is CC1(O)CCOC2(CCN(Cc3ccc(F)c(C(F)(F)F)c3)CC2)C1.